The van der Waals surface area contributed by atoms with Gasteiger partial charge < -0.3 is 53.7 Å². The molecule has 2 saturated carbocycles. The number of hydrogen-bond acceptors (Lipinski definition) is 19. The fourth-order valence-electron chi connectivity index (χ4n) is 9.36. The van der Waals surface area contributed by atoms with Crippen LogP contribution in [-0.2, 0) is 76.0 Å². The van der Waals surface area contributed by atoms with Crippen molar-refractivity contribution >= 4 is 49.9 Å². The fourth-order valence-corrected chi connectivity index (χ4v) is 10.1. The van der Waals surface area contributed by atoms with E-state index in [0.29, 0.717) is 83.8 Å². The van der Waals surface area contributed by atoms with Gasteiger partial charge in [0.1, 0.15) is 18.5 Å². The second-order valence-corrected chi connectivity index (χ2v) is 22.0. The zero-order valence-electron chi connectivity index (χ0n) is 52.7. The first-order chi connectivity index (χ1) is 39.6. The largest absolute Gasteiger partial charge is 1.00 e. The van der Waals surface area contributed by atoms with Crippen molar-refractivity contribution in [3.05, 3.63) is 46.9 Å². The van der Waals surface area contributed by atoms with Gasteiger partial charge in [0, 0.05) is 122 Å². The van der Waals surface area contributed by atoms with E-state index >= 15 is 0 Å². The predicted molar refractivity (Wildman–Crippen MR) is 307 cm³/mol. The van der Waals surface area contributed by atoms with Crippen molar-refractivity contribution in [1.82, 2.24) is 0 Å². The second kappa shape index (κ2) is 50.2. The van der Waals surface area contributed by atoms with E-state index < -0.39 is 68.4 Å². The predicted octanol–water partition coefficient (Wildman–Crippen LogP) is 8.75. The average Bonchev–Trinajstić information content (AvgIpc) is 2.48. The molecule has 2 aliphatic heterocycles. The molecule has 0 bridgehead atoms. The summed E-state index contributed by atoms with van der Waals surface area (Å²) >= 11 is 0. The summed E-state index contributed by atoms with van der Waals surface area (Å²) in [5.74, 6) is -11.0. The third kappa shape index (κ3) is 35.7. The Balaban J connectivity index is -0.000000575. The monoisotopic (exact) mass is 1220 g/mol. The zero-order valence-corrected chi connectivity index (χ0v) is 52.6. The number of esters is 4. The standard InChI is InChI=1S/C28H42F2O7.C16H24O5.C9H17F2O2P.C5H10O2.CH4O.Li.O2.H/c1-4-5-17-28(29,30)25(32)16-15-22-21(12-8-6-7-9-13-26(33)34-3)23(36-20(2)31)19-24(22)37-27-14-10-11-18-35-27;1-3-6-12-13(10-17)15(9-14(12)20-11(2)18)21-16-7-4-5-8-19-16;1-4-5-6-9(10,11)8(12)7-14(3)13-2;1-3-4-5(6)7-2;1-2;;1-2;/h6,8,15-16,21-24,27H,4-5,7,9-14,17-19H2,1-3H3;3,10,12-16H,1,4-9H2,2H3;4-7H2,1-3H3;3-4H2,1-2H3;2H,1H3;;;/q;;;;;+1;;-1/b8-6-,16-15+;;;;;;;/t21-,22-,23+,24-,27?;12-,13-,14+,15-,16?;;;;;;/m11....../s1. The summed E-state index contributed by atoms with van der Waals surface area (Å²) in [6.07, 6.45) is 18.5. The summed E-state index contributed by atoms with van der Waals surface area (Å²) in [7, 11) is 4.16. The van der Waals surface area contributed by atoms with E-state index in [2.05, 4.69) is 16.1 Å². The minimum Gasteiger partial charge on any atom is -1.00 e. The number of aliphatic hydroxyl groups excluding tert-OH is 1. The molecule has 11 atom stereocenters. The molecule has 4 rings (SSSR count). The van der Waals surface area contributed by atoms with Crippen molar-refractivity contribution in [2.24, 2.45) is 23.7 Å². The average molecular weight is 1230 g/mol. The quantitative estimate of drug-likeness (QED) is 0.00811. The molecular formula is C59H98F4LiO19P. The molecule has 0 radical (unpaired) electrons. The normalized spacial score (nSPS) is 23.9. The second-order valence-electron chi connectivity index (χ2n) is 20.1. The molecule has 2 aliphatic carbocycles. The number of rotatable bonds is 30. The van der Waals surface area contributed by atoms with E-state index in [1.807, 2.05) is 26.0 Å². The van der Waals surface area contributed by atoms with E-state index in [-0.39, 0.29) is 93.5 Å². The number of alkyl halides is 4. The van der Waals surface area contributed by atoms with Crippen molar-refractivity contribution in [2.75, 3.05) is 54.5 Å². The Labute approximate surface area is 510 Å². The molecule has 2 saturated heterocycles. The Bertz CT molecular complexity index is 1900. The van der Waals surface area contributed by atoms with Gasteiger partial charge in [0.15, 0.2) is 12.6 Å². The van der Waals surface area contributed by atoms with Crippen LogP contribution in [0.3, 0.4) is 0 Å². The van der Waals surface area contributed by atoms with Gasteiger partial charge in [0.05, 0.1) is 32.6 Å². The molecule has 482 valence electrons. The molecule has 1 N–H and O–H groups in total. The van der Waals surface area contributed by atoms with Crippen molar-refractivity contribution in [2.45, 2.75) is 218 Å². The van der Waals surface area contributed by atoms with Crippen LogP contribution in [0.5, 0.6) is 0 Å². The number of unbranched alkanes of at least 4 members (excludes halogenated alkanes) is 3. The first-order valence-corrected chi connectivity index (χ1v) is 30.6. The number of carbonyl (C=O) groups excluding carboxylic acids is 7. The first kappa shape index (κ1) is 84.4. The number of hydrogen-bond donors (Lipinski definition) is 1. The topological polar surface area (TPSA) is 257 Å². The number of ketones is 2. The maximum Gasteiger partial charge on any atom is 1.00 e. The number of halogens is 4. The van der Waals surface area contributed by atoms with Gasteiger partial charge in [-0.2, -0.15) is 17.6 Å². The smallest absolute Gasteiger partial charge is 1.00 e. The molecule has 19 nitrogen and oxygen atoms in total. The number of aliphatic hydroxyl groups is 1. The number of allylic oxidation sites excluding steroid dienone is 4. The molecule has 84 heavy (non-hydrogen) atoms. The molecule has 2 heterocycles. The zero-order chi connectivity index (χ0) is 63.4. The van der Waals surface area contributed by atoms with Crippen LogP contribution in [0.4, 0.5) is 17.6 Å². The molecule has 0 spiro atoms. The van der Waals surface area contributed by atoms with Gasteiger partial charge in [0.25, 0.3) is 0 Å². The van der Waals surface area contributed by atoms with Crippen molar-refractivity contribution < 1.29 is 119 Å². The van der Waals surface area contributed by atoms with Gasteiger partial charge >= 0.3 is 54.6 Å². The third-order valence-electron chi connectivity index (χ3n) is 13.7. The van der Waals surface area contributed by atoms with Crippen LogP contribution in [0.2, 0.25) is 0 Å². The van der Waals surface area contributed by atoms with Crippen LogP contribution in [0, 0.1) is 33.6 Å². The SMILES string of the molecule is C=CC[C@@H]1[C@@H](C=O)[C@H](OC2CCCCO2)C[C@@H]1OC(C)=O.CCCC(=O)OC.CCCCC(F)(F)C(=O)/C=C/[C@@H]1[C@@H](C/C=C\CCCC(=O)OC)[C@@H](OC(C)=O)C[C@H]1OC1CCCCO1.CCCCC(F)(F)C(=O)CP(C)OC.CO.O=O.[H-].[Li+]. The van der Waals surface area contributed by atoms with Crippen molar-refractivity contribution in [1.29, 1.82) is 0 Å². The number of carbonyl (C=O) groups is 7. The van der Waals surface area contributed by atoms with E-state index in [1.165, 1.54) is 41.3 Å². The maximum absolute atomic E-state index is 14.3. The summed E-state index contributed by atoms with van der Waals surface area (Å²) in [6.45, 7) is 15.0. The van der Waals surface area contributed by atoms with Gasteiger partial charge in [-0.05, 0) is 96.2 Å². The van der Waals surface area contributed by atoms with Gasteiger partial charge in [-0.25, -0.2) is 0 Å². The van der Waals surface area contributed by atoms with Crippen molar-refractivity contribution in [3.63, 3.8) is 0 Å². The maximum atomic E-state index is 14.3. The fraction of sp³-hybridized carbons (Fsp3) is 0.780. The minimum atomic E-state index is -3.42. The van der Waals surface area contributed by atoms with E-state index in [4.69, 9.17) is 48.0 Å². The Hall–Kier alpha value is -3.78. The van der Waals surface area contributed by atoms with Crippen LogP contribution in [0.1, 0.15) is 171 Å². The summed E-state index contributed by atoms with van der Waals surface area (Å²) in [4.78, 5) is 93.5. The van der Waals surface area contributed by atoms with Crippen molar-refractivity contribution in [3.8, 4) is 0 Å². The van der Waals surface area contributed by atoms with E-state index in [1.54, 1.807) is 19.7 Å². The molecule has 4 fully saturated rings. The summed E-state index contributed by atoms with van der Waals surface area (Å²) < 4.78 is 103. The van der Waals surface area contributed by atoms with Crippen LogP contribution in [0.15, 0.2) is 37.0 Å². The van der Waals surface area contributed by atoms with Gasteiger partial charge in [-0.15, -0.1) is 6.58 Å². The van der Waals surface area contributed by atoms with E-state index in [0.717, 1.165) is 64.4 Å². The summed E-state index contributed by atoms with van der Waals surface area (Å²) in [6, 6.07) is 0. The first-order valence-electron chi connectivity index (χ1n) is 28.7. The molecule has 0 aromatic heterocycles. The van der Waals surface area contributed by atoms with Gasteiger partial charge in [-0.1, -0.05) is 57.9 Å². The number of Topliss-reactive ketones (excluding diaryl/α,β-unsaturated/α-hetero) is 1. The van der Waals surface area contributed by atoms with Crippen LogP contribution in [-0.4, -0.2) is 150 Å². The Morgan fingerprint density at radius 2 is 1.15 bits per heavy atom. The Morgan fingerprint density at radius 1 is 0.679 bits per heavy atom. The minimum absolute atomic E-state index is 0. The Kier molecular flexibility index (Phi) is 50.5. The Morgan fingerprint density at radius 3 is 1.56 bits per heavy atom. The number of ether oxygens (including phenoxy) is 8. The molecule has 25 heteroatoms. The molecule has 0 aromatic carbocycles. The van der Waals surface area contributed by atoms with Gasteiger partial charge in [0.2, 0.25) is 11.6 Å². The van der Waals surface area contributed by atoms with Crippen LogP contribution < -0.4 is 18.9 Å². The van der Waals surface area contributed by atoms with Crippen LogP contribution in [0.25, 0.3) is 0 Å². The molecule has 0 aromatic rings. The summed E-state index contributed by atoms with van der Waals surface area (Å²) in [5, 5.41) is 7.00. The summed E-state index contributed by atoms with van der Waals surface area (Å²) in [5.41, 5.74) is 0. The molecule has 3 unspecified atom stereocenters. The van der Waals surface area contributed by atoms with Gasteiger partial charge in [-0.3, -0.25) is 28.8 Å². The molecular weight excluding hydrogens is 1130 g/mol. The number of methoxy groups -OCH3 is 2. The molecule has 0 amide bonds. The van der Waals surface area contributed by atoms with Crippen LogP contribution >= 0.6 is 8.15 Å². The van der Waals surface area contributed by atoms with E-state index in [9.17, 15) is 51.1 Å². The third-order valence-corrected chi connectivity index (χ3v) is 15.1. The number of aldehydes is 1. The molecule has 4 aliphatic rings.